The number of hydrogen-bond donors (Lipinski definition) is 2. The number of hydrogen-bond acceptors (Lipinski definition) is 7. The first-order valence-electron chi connectivity index (χ1n) is 8.23. The summed E-state index contributed by atoms with van der Waals surface area (Å²) in [6.07, 6.45) is 2.32. The fourth-order valence-electron chi connectivity index (χ4n) is 2.90. The van der Waals surface area contributed by atoms with Gasteiger partial charge in [-0.25, -0.2) is 19.9 Å². The lowest BCUT2D eigenvalue weighted by Gasteiger charge is -2.12. The summed E-state index contributed by atoms with van der Waals surface area (Å²) in [5, 5.41) is 19.2. The number of fused-ring (bicyclic) bond motifs is 1. The van der Waals surface area contributed by atoms with Crippen LogP contribution >= 0.6 is 0 Å². The molecule has 4 aromatic rings. The number of rotatable bonds is 3. The van der Waals surface area contributed by atoms with Crippen molar-refractivity contribution in [3.63, 3.8) is 0 Å². The average Bonchev–Trinajstić information content (AvgIpc) is 3.07. The van der Waals surface area contributed by atoms with Crippen molar-refractivity contribution in [2.45, 2.75) is 13.2 Å². The molecule has 1 atom stereocenters. The van der Waals surface area contributed by atoms with Crippen molar-refractivity contribution in [1.29, 1.82) is 5.26 Å². The number of nitriles is 1. The summed E-state index contributed by atoms with van der Waals surface area (Å²) in [6, 6.07) is 12.6. The van der Waals surface area contributed by atoms with Crippen molar-refractivity contribution >= 4 is 17.0 Å². The lowest BCUT2D eigenvalue weighted by molar-refractivity contribution is 0.130. The summed E-state index contributed by atoms with van der Waals surface area (Å²) < 4.78 is 1.61. The van der Waals surface area contributed by atoms with E-state index in [1.807, 2.05) is 18.2 Å². The van der Waals surface area contributed by atoms with Crippen molar-refractivity contribution in [2.24, 2.45) is 0 Å². The lowest BCUT2D eigenvalue weighted by atomic mass is 10.2. The Bertz CT molecular complexity index is 1170. The SMILES string of the molecule is CC(O)n1c(-c2cccnc2N)nc2ccc(-c3ccc(C#N)nc3)nc21. The Kier molecular flexibility index (Phi) is 3.99. The molecule has 0 saturated carbocycles. The van der Waals surface area contributed by atoms with Gasteiger partial charge in [-0.2, -0.15) is 5.26 Å². The van der Waals surface area contributed by atoms with Crippen molar-refractivity contribution in [2.75, 3.05) is 5.73 Å². The van der Waals surface area contributed by atoms with Gasteiger partial charge in [0.25, 0.3) is 0 Å². The number of aliphatic hydroxyl groups is 1. The Labute approximate surface area is 154 Å². The van der Waals surface area contributed by atoms with E-state index in [0.29, 0.717) is 39.8 Å². The summed E-state index contributed by atoms with van der Waals surface area (Å²) in [5.74, 6) is 0.819. The van der Waals surface area contributed by atoms with E-state index in [1.165, 1.54) is 0 Å². The number of nitrogen functional groups attached to an aromatic ring is 1. The molecule has 4 heterocycles. The first-order valence-corrected chi connectivity index (χ1v) is 8.23. The van der Waals surface area contributed by atoms with Crippen LogP contribution in [-0.2, 0) is 0 Å². The lowest BCUT2D eigenvalue weighted by Crippen LogP contribution is -2.08. The van der Waals surface area contributed by atoms with Gasteiger partial charge in [-0.05, 0) is 43.3 Å². The maximum absolute atomic E-state index is 10.3. The predicted molar refractivity (Wildman–Crippen MR) is 100 cm³/mol. The summed E-state index contributed by atoms with van der Waals surface area (Å²) in [4.78, 5) is 17.4. The van der Waals surface area contributed by atoms with Gasteiger partial charge in [-0.15, -0.1) is 0 Å². The molecule has 0 aromatic carbocycles. The van der Waals surface area contributed by atoms with Crippen LogP contribution < -0.4 is 5.73 Å². The van der Waals surface area contributed by atoms with Gasteiger partial charge in [-0.1, -0.05) is 0 Å². The molecule has 0 radical (unpaired) electrons. The number of aliphatic hydroxyl groups excluding tert-OH is 1. The molecule has 0 spiro atoms. The topological polar surface area (TPSA) is 127 Å². The molecule has 0 amide bonds. The quantitative estimate of drug-likeness (QED) is 0.577. The summed E-state index contributed by atoms with van der Waals surface area (Å²) in [6.45, 7) is 1.63. The van der Waals surface area contributed by atoms with Crippen LogP contribution in [0, 0.1) is 11.3 Å². The van der Waals surface area contributed by atoms with Crippen molar-refractivity contribution < 1.29 is 5.11 Å². The molecule has 132 valence electrons. The zero-order valence-corrected chi connectivity index (χ0v) is 14.4. The van der Waals surface area contributed by atoms with Crippen LogP contribution in [0.25, 0.3) is 33.8 Å². The minimum Gasteiger partial charge on any atom is -0.383 e. The van der Waals surface area contributed by atoms with Gasteiger partial charge in [0.2, 0.25) is 0 Å². The molecule has 0 saturated heterocycles. The minimum absolute atomic E-state index is 0.325. The number of nitrogens with zero attached hydrogens (tertiary/aromatic N) is 6. The van der Waals surface area contributed by atoms with Crippen LogP contribution in [0.4, 0.5) is 5.82 Å². The molecular formula is C19H15N7O. The molecule has 4 rings (SSSR count). The Morgan fingerprint density at radius 1 is 1.15 bits per heavy atom. The Morgan fingerprint density at radius 3 is 2.67 bits per heavy atom. The number of nitrogens with two attached hydrogens (primary N) is 1. The molecule has 0 aliphatic rings. The molecule has 4 aromatic heterocycles. The van der Waals surface area contributed by atoms with Crippen LogP contribution in [-0.4, -0.2) is 29.6 Å². The smallest absolute Gasteiger partial charge is 0.163 e. The normalized spacial score (nSPS) is 12.0. The van der Waals surface area contributed by atoms with Crippen LogP contribution in [0.5, 0.6) is 0 Å². The summed E-state index contributed by atoms with van der Waals surface area (Å²) in [7, 11) is 0. The van der Waals surface area contributed by atoms with Crippen molar-refractivity contribution in [3.8, 4) is 28.7 Å². The molecule has 8 heteroatoms. The maximum atomic E-state index is 10.3. The number of pyridine rings is 3. The summed E-state index contributed by atoms with van der Waals surface area (Å²) >= 11 is 0. The van der Waals surface area contributed by atoms with Crippen molar-refractivity contribution in [1.82, 2.24) is 24.5 Å². The number of imidazole rings is 1. The van der Waals surface area contributed by atoms with E-state index in [9.17, 15) is 5.11 Å². The second-order valence-corrected chi connectivity index (χ2v) is 5.96. The van der Waals surface area contributed by atoms with Gasteiger partial charge in [0.1, 0.15) is 35.2 Å². The molecule has 8 nitrogen and oxygen atoms in total. The third-order valence-corrected chi connectivity index (χ3v) is 4.16. The van der Waals surface area contributed by atoms with Gasteiger partial charge >= 0.3 is 0 Å². The predicted octanol–water partition coefficient (Wildman–Crippen LogP) is 2.52. The van der Waals surface area contributed by atoms with E-state index >= 15 is 0 Å². The highest BCUT2D eigenvalue weighted by atomic mass is 16.3. The van der Waals surface area contributed by atoms with E-state index < -0.39 is 6.23 Å². The van der Waals surface area contributed by atoms with Gasteiger partial charge in [-0.3, -0.25) is 4.57 Å². The molecule has 0 aliphatic carbocycles. The molecular weight excluding hydrogens is 342 g/mol. The Hall–Kier alpha value is -3.83. The highest BCUT2D eigenvalue weighted by Crippen LogP contribution is 2.30. The molecule has 0 aliphatic heterocycles. The molecule has 27 heavy (non-hydrogen) atoms. The van der Waals surface area contributed by atoms with E-state index in [-0.39, 0.29) is 0 Å². The van der Waals surface area contributed by atoms with Crippen molar-refractivity contribution in [3.05, 3.63) is 54.5 Å². The molecule has 3 N–H and O–H groups in total. The van der Waals surface area contributed by atoms with Crippen LogP contribution in [0.15, 0.2) is 48.8 Å². The van der Waals surface area contributed by atoms with Crippen LogP contribution in [0.2, 0.25) is 0 Å². The summed E-state index contributed by atoms with van der Waals surface area (Å²) in [5.41, 5.74) is 9.51. The fourth-order valence-corrected chi connectivity index (χ4v) is 2.90. The largest absolute Gasteiger partial charge is 0.383 e. The van der Waals surface area contributed by atoms with Gasteiger partial charge in [0.05, 0.1) is 11.3 Å². The van der Waals surface area contributed by atoms with E-state index in [1.54, 1.807) is 48.1 Å². The highest BCUT2D eigenvalue weighted by Gasteiger charge is 2.19. The van der Waals surface area contributed by atoms with E-state index in [0.717, 1.165) is 5.56 Å². The zero-order valence-electron chi connectivity index (χ0n) is 14.4. The fraction of sp³-hybridized carbons (Fsp3) is 0.105. The monoisotopic (exact) mass is 357 g/mol. The first-order chi connectivity index (χ1) is 13.1. The highest BCUT2D eigenvalue weighted by molar-refractivity contribution is 5.82. The molecule has 0 fully saturated rings. The van der Waals surface area contributed by atoms with Crippen LogP contribution in [0.1, 0.15) is 18.8 Å². The zero-order chi connectivity index (χ0) is 19.0. The van der Waals surface area contributed by atoms with E-state index in [2.05, 4.69) is 19.9 Å². The van der Waals surface area contributed by atoms with Gasteiger partial charge in [0.15, 0.2) is 5.65 Å². The molecule has 1 unspecified atom stereocenters. The standard InChI is InChI=1S/C19H15N7O/c1-11(27)26-18(14-3-2-8-22-17(14)21)25-16-7-6-15(24-19(16)26)12-4-5-13(9-20)23-10-12/h2-8,10-11,27H,1H3,(H2,21,22). The first kappa shape index (κ1) is 16.6. The van der Waals surface area contributed by atoms with E-state index in [4.69, 9.17) is 11.0 Å². The minimum atomic E-state index is -0.869. The Morgan fingerprint density at radius 2 is 2.00 bits per heavy atom. The Balaban J connectivity index is 1.92. The second-order valence-electron chi connectivity index (χ2n) is 5.96. The number of aromatic nitrogens is 5. The number of anilines is 1. The third kappa shape index (κ3) is 2.86. The average molecular weight is 357 g/mol. The molecule has 0 bridgehead atoms. The second kappa shape index (κ2) is 6.48. The maximum Gasteiger partial charge on any atom is 0.163 e. The van der Waals surface area contributed by atoms with Gasteiger partial charge < -0.3 is 10.8 Å². The van der Waals surface area contributed by atoms with Gasteiger partial charge in [0, 0.05) is 18.0 Å². The van der Waals surface area contributed by atoms with Crippen LogP contribution in [0.3, 0.4) is 0 Å². The third-order valence-electron chi connectivity index (χ3n) is 4.16.